The molecule has 36 heavy (non-hydrogen) atoms. The minimum Gasteiger partial charge on any atom is -0.345 e. The zero-order chi connectivity index (χ0) is 25.1. The Morgan fingerprint density at radius 3 is 2.00 bits per heavy atom. The van der Waals surface area contributed by atoms with E-state index in [-0.39, 0.29) is 28.9 Å². The molecule has 0 unspecified atom stereocenters. The Hall–Kier alpha value is -4.97. The van der Waals surface area contributed by atoms with Gasteiger partial charge in [0, 0.05) is 23.2 Å². The highest BCUT2D eigenvalue weighted by molar-refractivity contribution is 6.46. The van der Waals surface area contributed by atoms with Gasteiger partial charge in [-0.25, -0.2) is 4.98 Å². The van der Waals surface area contributed by atoms with Gasteiger partial charge < -0.3 is 5.32 Å². The summed E-state index contributed by atoms with van der Waals surface area (Å²) in [5.41, 5.74) is 1.86. The van der Waals surface area contributed by atoms with Gasteiger partial charge in [-0.05, 0) is 17.7 Å². The first-order valence-corrected chi connectivity index (χ1v) is 11.4. The van der Waals surface area contributed by atoms with Crippen LogP contribution in [0, 0.1) is 0 Å². The van der Waals surface area contributed by atoms with E-state index in [1.807, 2.05) is 36.4 Å². The number of benzene rings is 3. The van der Waals surface area contributed by atoms with Crippen LogP contribution in [0.4, 0.5) is 0 Å². The Morgan fingerprint density at radius 1 is 0.722 bits per heavy atom. The van der Waals surface area contributed by atoms with Crippen LogP contribution < -0.4 is 5.32 Å². The normalized spacial score (nSPS) is 11.7. The van der Waals surface area contributed by atoms with Crippen LogP contribution >= 0.6 is 0 Å². The first-order chi connectivity index (χ1) is 17.5. The molecule has 3 aromatic carbocycles. The van der Waals surface area contributed by atoms with E-state index in [0.29, 0.717) is 16.8 Å². The highest BCUT2D eigenvalue weighted by Gasteiger charge is 2.35. The van der Waals surface area contributed by atoms with Gasteiger partial charge in [0.2, 0.25) is 0 Å². The molecule has 1 amide bonds. The molecule has 5 rings (SSSR count). The maximum absolute atomic E-state index is 13.8. The van der Waals surface area contributed by atoms with Gasteiger partial charge in [0.25, 0.3) is 11.7 Å². The lowest BCUT2D eigenvalue weighted by Gasteiger charge is -2.17. The van der Waals surface area contributed by atoms with Gasteiger partial charge in [-0.3, -0.25) is 19.2 Å². The van der Waals surface area contributed by atoms with Crippen molar-refractivity contribution in [3.8, 4) is 11.3 Å². The molecule has 1 aliphatic rings. The number of carbonyl (C=O) groups excluding carboxylic acids is 4. The predicted octanol–water partition coefficient (Wildman–Crippen LogP) is 4.69. The number of pyridine rings is 1. The number of ketones is 3. The second kappa shape index (κ2) is 9.72. The van der Waals surface area contributed by atoms with Crippen molar-refractivity contribution in [3.63, 3.8) is 0 Å². The molecule has 1 aromatic heterocycles. The van der Waals surface area contributed by atoms with E-state index in [1.54, 1.807) is 54.6 Å². The average molecular weight is 473 g/mol. The first-order valence-electron chi connectivity index (χ1n) is 11.4. The third-order valence-electron chi connectivity index (χ3n) is 5.90. The minimum absolute atomic E-state index is 0.0303. The van der Waals surface area contributed by atoms with Crippen molar-refractivity contribution in [2.75, 3.05) is 0 Å². The Labute approximate surface area is 207 Å². The molecule has 4 aromatic rings. The van der Waals surface area contributed by atoms with Gasteiger partial charge in [-0.15, -0.1) is 0 Å². The topological polar surface area (TPSA) is 93.2 Å². The van der Waals surface area contributed by atoms with Crippen molar-refractivity contribution < 1.29 is 19.2 Å². The number of hydrogen-bond donors (Lipinski definition) is 1. The number of Topliss-reactive ketones (excluding diaryl/α,β-unsaturated/α-hetero) is 1. The Kier molecular flexibility index (Phi) is 6.16. The molecule has 0 spiro atoms. The van der Waals surface area contributed by atoms with Crippen LogP contribution in [-0.4, -0.2) is 28.2 Å². The smallest absolute Gasteiger partial charge is 0.292 e. The third kappa shape index (κ3) is 4.28. The van der Waals surface area contributed by atoms with Crippen molar-refractivity contribution in [2.45, 2.75) is 6.54 Å². The summed E-state index contributed by atoms with van der Waals surface area (Å²) in [7, 11) is 0. The molecule has 6 heteroatoms. The molecule has 6 nitrogen and oxygen atoms in total. The van der Waals surface area contributed by atoms with Crippen LogP contribution in [0.5, 0.6) is 0 Å². The van der Waals surface area contributed by atoms with E-state index in [4.69, 9.17) is 0 Å². The summed E-state index contributed by atoms with van der Waals surface area (Å²) in [5.74, 6) is -2.78. The van der Waals surface area contributed by atoms with Crippen molar-refractivity contribution in [3.05, 3.63) is 131 Å². The lowest BCUT2D eigenvalue weighted by Crippen LogP contribution is -2.33. The standard InChI is InChI=1S/C30H20N2O4/c33-23-17-16-22-24(23)25(28(34)21-14-8-3-9-15-21)26(27(32-22)20-12-6-2-7-13-20)29(35)30(36)31-18-19-10-4-1-5-11-19/h1-17H,18H2,(H,31,36). The van der Waals surface area contributed by atoms with Gasteiger partial charge in [-0.2, -0.15) is 0 Å². The lowest BCUT2D eigenvalue weighted by atomic mass is 9.87. The van der Waals surface area contributed by atoms with Crippen LogP contribution in [0.25, 0.3) is 17.3 Å². The molecule has 0 bridgehead atoms. The summed E-state index contributed by atoms with van der Waals surface area (Å²) in [6.07, 6.45) is 2.84. The van der Waals surface area contributed by atoms with E-state index >= 15 is 0 Å². The molecule has 0 aliphatic heterocycles. The predicted molar refractivity (Wildman–Crippen MR) is 136 cm³/mol. The molecule has 1 N–H and O–H groups in total. The highest BCUT2D eigenvalue weighted by Crippen LogP contribution is 2.34. The van der Waals surface area contributed by atoms with Crippen molar-refractivity contribution in [2.24, 2.45) is 0 Å². The fourth-order valence-electron chi connectivity index (χ4n) is 4.17. The number of amides is 1. The summed E-state index contributed by atoms with van der Waals surface area (Å²) in [6.45, 7) is 0.132. The number of allylic oxidation sites excluding steroid dienone is 1. The van der Waals surface area contributed by atoms with Crippen LogP contribution in [0.3, 0.4) is 0 Å². The summed E-state index contributed by atoms with van der Waals surface area (Å²) >= 11 is 0. The van der Waals surface area contributed by atoms with Crippen LogP contribution in [-0.2, 0) is 11.3 Å². The second-order valence-corrected chi connectivity index (χ2v) is 8.23. The summed E-state index contributed by atoms with van der Waals surface area (Å²) < 4.78 is 0. The Bertz CT molecular complexity index is 1530. The number of rotatable bonds is 7. The Morgan fingerprint density at radius 2 is 1.33 bits per heavy atom. The zero-order valence-electron chi connectivity index (χ0n) is 19.1. The number of fused-ring (bicyclic) bond motifs is 1. The second-order valence-electron chi connectivity index (χ2n) is 8.23. The van der Waals surface area contributed by atoms with E-state index in [2.05, 4.69) is 10.3 Å². The Balaban J connectivity index is 1.68. The van der Waals surface area contributed by atoms with E-state index in [9.17, 15) is 19.2 Å². The zero-order valence-corrected chi connectivity index (χ0v) is 19.1. The quantitative estimate of drug-likeness (QED) is 0.311. The molecule has 174 valence electrons. The van der Waals surface area contributed by atoms with Crippen LogP contribution in [0.2, 0.25) is 0 Å². The monoisotopic (exact) mass is 472 g/mol. The molecule has 0 radical (unpaired) electrons. The van der Waals surface area contributed by atoms with Crippen molar-refractivity contribution in [1.29, 1.82) is 0 Å². The molecule has 0 atom stereocenters. The van der Waals surface area contributed by atoms with E-state index < -0.39 is 23.3 Å². The number of aromatic nitrogens is 1. The molecule has 1 heterocycles. The number of hydrogen-bond acceptors (Lipinski definition) is 5. The van der Waals surface area contributed by atoms with E-state index in [1.165, 1.54) is 12.2 Å². The third-order valence-corrected chi connectivity index (χ3v) is 5.90. The maximum Gasteiger partial charge on any atom is 0.292 e. The van der Waals surface area contributed by atoms with E-state index in [0.717, 1.165) is 5.56 Å². The first kappa shape index (κ1) is 22.8. The summed E-state index contributed by atoms with van der Waals surface area (Å²) in [5, 5.41) is 2.63. The van der Waals surface area contributed by atoms with Gasteiger partial charge in [-0.1, -0.05) is 91.0 Å². The van der Waals surface area contributed by atoms with Crippen molar-refractivity contribution >= 4 is 29.3 Å². The molecule has 1 aliphatic carbocycles. The lowest BCUT2D eigenvalue weighted by molar-refractivity contribution is -0.117. The maximum atomic E-state index is 13.8. The fourth-order valence-corrected chi connectivity index (χ4v) is 4.17. The minimum atomic E-state index is -0.931. The van der Waals surface area contributed by atoms with Gasteiger partial charge in [0.05, 0.1) is 22.5 Å². The number of carbonyl (C=O) groups is 4. The SMILES string of the molecule is O=C(NCc1ccccc1)C(=O)c1c(-c2ccccc2)nc2c(c1C(=O)c1ccccc1)C(=O)C=C2. The molecular formula is C30H20N2O4. The molecule has 0 saturated heterocycles. The number of nitrogens with one attached hydrogen (secondary N) is 1. The molecule has 0 saturated carbocycles. The summed E-state index contributed by atoms with van der Waals surface area (Å²) in [4.78, 5) is 58.0. The van der Waals surface area contributed by atoms with Crippen LogP contribution in [0.1, 0.15) is 47.9 Å². The van der Waals surface area contributed by atoms with Crippen molar-refractivity contribution in [1.82, 2.24) is 10.3 Å². The molecule has 0 fully saturated rings. The average Bonchev–Trinajstić information content (AvgIpc) is 3.31. The number of nitrogens with zero attached hydrogens (tertiary/aromatic N) is 1. The van der Waals surface area contributed by atoms with Gasteiger partial charge in [0.1, 0.15) is 0 Å². The largest absolute Gasteiger partial charge is 0.345 e. The molecular weight excluding hydrogens is 452 g/mol. The van der Waals surface area contributed by atoms with Gasteiger partial charge in [0.15, 0.2) is 11.6 Å². The van der Waals surface area contributed by atoms with Crippen LogP contribution in [0.15, 0.2) is 97.1 Å². The highest BCUT2D eigenvalue weighted by atomic mass is 16.2. The fraction of sp³-hybridized carbons (Fsp3) is 0.0333. The summed E-state index contributed by atoms with van der Waals surface area (Å²) in [6, 6.07) is 26.4. The van der Waals surface area contributed by atoms with Gasteiger partial charge >= 0.3 is 0 Å².